The average molecular weight is 310 g/mol. The van der Waals surface area contributed by atoms with Gasteiger partial charge in [-0.05, 0) is 24.1 Å². The van der Waals surface area contributed by atoms with Crippen LogP contribution in [0, 0.1) is 6.92 Å². The van der Waals surface area contributed by atoms with E-state index in [1.54, 1.807) is 31.2 Å². The van der Waals surface area contributed by atoms with Crippen molar-refractivity contribution in [3.05, 3.63) is 64.0 Å². The van der Waals surface area contributed by atoms with Gasteiger partial charge in [0.1, 0.15) is 28.5 Å². The number of phenols is 1. The van der Waals surface area contributed by atoms with Gasteiger partial charge in [-0.3, -0.25) is 4.79 Å². The average Bonchev–Trinajstić information content (AvgIpc) is 2.58. The molecule has 5 nitrogen and oxygen atoms in total. The van der Waals surface area contributed by atoms with Crippen LogP contribution in [-0.4, -0.2) is 18.2 Å². The number of fused-ring (bicyclic) bond motifs is 1. The van der Waals surface area contributed by atoms with Crippen LogP contribution in [0.4, 0.5) is 0 Å². The number of esters is 1. The minimum Gasteiger partial charge on any atom is -0.506 e. The number of methoxy groups -OCH3 is 1. The summed E-state index contributed by atoms with van der Waals surface area (Å²) in [5, 5.41) is 10.3. The fraction of sp³-hybridized carbons (Fsp3) is 0.111. The molecule has 0 bridgehead atoms. The molecule has 2 aromatic carbocycles. The fourth-order valence-electron chi connectivity index (χ4n) is 2.54. The number of aryl methyl sites for hydroxylation is 1. The molecule has 0 fully saturated rings. The van der Waals surface area contributed by atoms with Crippen LogP contribution in [0.15, 0.2) is 51.9 Å². The van der Waals surface area contributed by atoms with Gasteiger partial charge in [-0.15, -0.1) is 0 Å². The lowest BCUT2D eigenvalue weighted by molar-refractivity contribution is 0.0597. The summed E-state index contributed by atoms with van der Waals surface area (Å²) in [7, 11) is 1.21. The van der Waals surface area contributed by atoms with E-state index in [0.29, 0.717) is 16.7 Å². The highest BCUT2D eigenvalue weighted by Gasteiger charge is 2.21. The maximum Gasteiger partial charge on any atom is 0.341 e. The monoisotopic (exact) mass is 310 g/mol. The number of benzene rings is 2. The van der Waals surface area contributed by atoms with Gasteiger partial charge < -0.3 is 14.3 Å². The molecule has 3 rings (SSSR count). The Balaban J connectivity index is 2.39. The van der Waals surface area contributed by atoms with Crippen molar-refractivity contribution in [2.24, 2.45) is 0 Å². The molecular formula is C18H14O5. The molecule has 1 N–H and O–H groups in total. The summed E-state index contributed by atoms with van der Waals surface area (Å²) in [6.07, 6.45) is 1.37. The minimum absolute atomic E-state index is 0.0215. The quantitative estimate of drug-likeness (QED) is 0.735. The van der Waals surface area contributed by atoms with E-state index in [1.165, 1.54) is 19.4 Å². The SMILES string of the molecule is COC(=O)c1cc(C)c2occ(-c3ccccc3)c(=O)c2c1O. The molecule has 0 aliphatic heterocycles. The van der Waals surface area contributed by atoms with Crippen LogP contribution in [0.25, 0.3) is 22.1 Å². The molecule has 0 amide bonds. The number of aromatic hydroxyl groups is 1. The van der Waals surface area contributed by atoms with Crippen LogP contribution in [-0.2, 0) is 4.74 Å². The minimum atomic E-state index is -0.711. The molecular weight excluding hydrogens is 296 g/mol. The largest absolute Gasteiger partial charge is 0.506 e. The van der Waals surface area contributed by atoms with E-state index in [9.17, 15) is 14.7 Å². The lowest BCUT2D eigenvalue weighted by atomic mass is 10.0. The van der Waals surface area contributed by atoms with Crippen LogP contribution >= 0.6 is 0 Å². The van der Waals surface area contributed by atoms with Gasteiger partial charge in [0.05, 0.1) is 12.7 Å². The molecule has 1 heterocycles. The second-order valence-corrected chi connectivity index (χ2v) is 5.13. The van der Waals surface area contributed by atoms with Crippen LogP contribution < -0.4 is 5.43 Å². The summed E-state index contributed by atoms with van der Waals surface area (Å²) in [6.45, 7) is 1.69. The topological polar surface area (TPSA) is 76.7 Å². The van der Waals surface area contributed by atoms with Crippen molar-refractivity contribution in [3.63, 3.8) is 0 Å². The van der Waals surface area contributed by atoms with Gasteiger partial charge in [0.15, 0.2) is 0 Å². The second-order valence-electron chi connectivity index (χ2n) is 5.13. The third-order valence-corrected chi connectivity index (χ3v) is 3.69. The number of rotatable bonds is 2. The van der Waals surface area contributed by atoms with Gasteiger partial charge in [-0.1, -0.05) is 30.3 Å². The first-order chi connectivity index (χ1) is 11.0. The van der Waals surface area contributed by atoms with Crippen molar-refractivity contribution in [3.8, 4) is 16.9 Å². The first kappa shape index (κ1) is 14.8. The van der Waals surface area contributed by atoms with Crippen molar-refractivity contribution in [1.29, 1.82) is 0 Å². The number of hydrogen-bond acceptors (Lipinski definition) is 5. The van der Waals surface area contributed by atoms with E-state index in [-0.39, 0.29) is 16.5 Å². The molecule has 3 aromatic rings. The number of carbonyl (C=O) groups excluding carboxylic acids is 1. The molecule has 116 valence electrons. The standard InChI is InChI=1S/C18H14O5/c1-10-8-12(18(21)22-2)15(19)14-16(20)13(9-23-17(10)14)11-6-4-3-5-7-11/h3-9,19H,1-2H3. The summed E-state index contributed by atoms with van der Waals surface area (Å²) >= 11 is 0. The van der Waals surface area contributed by atoms with Crippen LogP contribution in [0.1, 0.15) is 15.9 Å². The van der Waals surface area contributed by atoms with Crippen LogP contribution in [0.2, 0.25) is 0 Å². The Kier molecular flexibility index (Phi) is 3.62. The van der Waals surface area contributed by atoms with Gasteiger partial charge in [-0.25, -0.2) is 4.79 Å². The van der Waals surface area contributed by atoms with Gasteiger partial charge in [0, 0.05) is 0 Å². The first-order valence-corrected chi connectivity index (χ1v) is 6.96. The molecule has 0 spiro atoms. The number of carbonyl (C=O) groups is 1. The van der Waals surface area contributed by atoms with E-state index in [0.717, 1.165) is 0 Å². The summed E-state index contributed by atoms with van der Waals surface area (Å²) in [4.78, 5) is 24.6. The molecule has 0 saturated carbocycles. The Bertz CT molecular complexity index is 955. The number of hydrogen-bond donors (Lipinski definition) is 1. The molecule has 0 atom stereocenters. The smallest absolute Gasteiger partial charge is 0.341 e. The predicted octanol–water partition coefficient (Wildman–Crippen LogP) is 3.26. The molecule has 0 radical (unpaired) electrons. The van der Waals surface area contributed by atoms with Crippen LogP contribution in [0.5, 0.6) is 5.75 Å². The molecule has 0 unspecified atom stereocenters. The fourth-order valence-corrected chi connectivity index (χ4v) is 2.54. The third kappa shape index (κ3) is 2.36. The zero-order valence-electron chi connectivity index (χ0n) is 12.6. The Labute approximate surface area is 131 Å². The van der Waals surface area contributed by atoms with E-state index < -0.39 is 17.1 Å². The van der Waals surface area contributed by atoms with Crippen molar-refractivity contribution >= 4 is 16.9 Å². The van der Waals surface area contributed by atoms with Gasteiger partial charge in [-0.2, -0.15) is 0 Å². The normalized spacial score (nSPS) is 10.7. The molecule has 0 aliphatic rings. The number of ether oxygens (including phenoxy) is 1. The highest BCUT2D eigenvalue weighted by molar-refractivity contribution is 6.01. The maximum absolute atomic E-state index is 12.8. The lowest BCUT2D eigenvalue weighted by Crippen LogP contribution is -2.09. The molecule has 5 heteroatoms. The van der Waals surface area contributed by atoms with Gasteiger partial charge >= 0.3 is 5.97 Å². The van der Waals surface area contributed by atoms with Crippen molar-refractivity contribution in [2.75, 3.05) is 7.11 Å². The summed E-state index contributed by atoms with van der Waals surface area (Å²) in [5.74, 6) is -1.14. The molecule has 23 heavy (non-hydrogen) atoms. The maximum atomic E-state index is 12.8. The van der Waals surface area contributed by atoms with Gasteiger partial charge in [0.2, 0.25) is 5.43 Å². The summed E-state index contributed by atoms with van der Waals surface area (Å²) < 4.78 is 10.2. The first-order valence-electron chi connectivity index (χ1n) is 6.96. The highest BCUT2D eigenvalue weighted by atomic mass is 16.5. The zero-order chi connectivity index (χ0) is 16.6. The van der Waals surface area contributed by atoms with E-state index >= 15 is 0 Å². The molecule has 0 saturated heterocycles. The lowest BCUT2D eigenvalue weighted by Gasteiger charge is -2.09. The van der Waals surface area contributed by atoms with Crippen molar-refractivity contribution < 1.29 is 19.1 Å². The summed E-state index contributed by atoms with van der Waals surface area (Å²) in [5.41, 5.74) is 1.34. The number of phenolic OH excluding ortho intramolecular Hbond substituents is 1. The van der Waals surface area contributed by atoms with E-state index in [4.69, 9.17) is 4.42 Å². The Morgan fingerprint density at radius 3 is 2.57 bits per heavy atom. The van der Waals surface area contributed by atoms with E-state index in [2.05, 4.69) is 4.74 Å². The highest BCUT2D eigenvalue weighted by Crippen LogP contribution is 2.31. The van der Waals surface area contributed by atoms with Crippen molar-refractivity contribution in [1.82, 2.24) is 0 Å². The molecule has 0 aliphatic carbocycles. The Morgan fingerprint density at radius 1 is 1.22 bits per heavy atom. The Hall–Kier alpha value is -3.08. The second kappa shape index (κ2) is 5.61. The van der Waals surface area contributed by atoms with E-state index in [1.807, 2.05) is 6.07 Å². The van der Waals surface area contributed by atoms with Crippen molar-refractivity contribution in [2.45, 2.75) is 6.92 Å². The zero-order valence-corrected chi connectivity index (χ0v) is 12.6. The molecule has 1 aromatic heterocycles. The third-order valence-electron chi connectivity index (χ3n) is 3.69. The predicted molar refractivity (Wildman–Crippen MR) is 85.7 cm³/mol. The van der Waals surface area contributed by atoms with Crippen LogP contribution in [0.3, 0.4) is 0 Å². The van der Waals surface area contributed by atoms with Gasteiger partial charge in [0.25, 0.3) is 0 Å². The Morgan fingerprint density at radius 2 is 1.91 bits per heavy atom. The summed E-state index contributed by atoms with van der Waals surface area (Å²) in [6, 6.07) is 10.4.